The Labute approximate surface area is 161 Å². The number of benzene rings is 1. The molecular formula is C21H21F3N4. The third kappa shape index (κ3) is 4.09. The zero-order valence-corrected chi connectivity index (χ0v) is 15.5. The van der Waals surface area contributed by atoms with Gasteiger partial charge in [0.15, 0.2) is 0 Å². The van der Waals surface area contributed by atoms with Gasteiger partial charge in [0.05, 0.1) is 17.9 Å². The van der Waals surface area contributed by atoms with Crippen molar-refractivity contribution in [2.24, 2.45) is 0 Å². The Kier molecular flexibility index (Phi) is 4.93. The summed E-state index contributed by atoms with van der Waals surface area (Å²) in [5, 5.41) is 0. The van der Waals surface area contributed by atoms with Crippen molar-refractivity contribution in [3.05, 3.63) is 60.2 Å². The van der Waals surface area contributed by atoms with Gasteiger partial charge in [-0.2, -0.15) is 13.2 Å². The third-order valence-electron chi connectivity index (χ3n) is 5.07. The summed E-state index contributed by atoms with van der Waals surface area (Å²) in [7, 11) is 0. The molecule has 7 heteroatoms. The number of H-pyrrole nitrogens is 1. The molecule has 1 saturated heterocycles. The van der Waals surface area contributed by atoms with Crippen molar-refractivity contribution in [1.82, 2.24) is 19.9 Å². The van der Waals surface area contributed by atoms with Crippen LogP contribution in [0.2, 0.25) is 0 Å². The molecule has 1 aliphatic rings. The van der Waals surface area contributed by atoms with Gasteiger partial charge in [0, 0.05) is 35.5 Å². The number of hydrogen-bond donors (Lipinski definition) is 1. The topological polar surface area (TPSA) is 44.8 Å². The first-order chi connectivity index (χ1) is 13.4. The van der Waals surface area contributed by atoms with Crippen molar-refractivity contribution in [3.8, 4) is 22.5 Å². The standard InChI is InChI=1S/C21H21F3N4/c1-14-19(16-7-8-18(25-11-16)15-5-3-2-4-6-15)27-20(26-14)17-9-10-28(12-17)13-21(22,23)24/h2-8,11,17H,9-10,12-13H2,1H3,(H,26,27). The molecular weight excluding hydrogens is 365 g/mol. The van der Waals surface area contributed by atoms with Gasteiger partial charge in [0.2, 0.25) is 0 Å². The maximum Gasteiger partial charge on any atom is 0.401 e. The number of halogens is 3. The predicted molar refractivity (Wildman–Crippen MR) is 102 cm³/mol. The molecule has 28 heavy (non-hydrogen) atoms. The van der Waals surface area contributed by atoms with E-state index in [-0.39, 0.29) is 5.92 Å². The lowest BCUT2D eigenvalue weighted by Gasteiger charge is -2.17. The highest BCUT2D eigenvalue weighted by Crippen LogP contribution is 2.31. The Morgan fingerprint density at radius 3 is 2.57 bits per heavy atom. The van der Waals surface area contributed by atoms with Crippen LogP contribution in [-0.2, 0) is 0 Å². The summed E-state index contributed by atoms with van der Waals surface area (Å²) in [6, 6.07) is 13.9. The van der Waals surface area contributed by atoms with Crippen LogP contribution in [0.3, 0.4) is 0 Å². The molecule has 3 aromatic rings. The summed E-state index contributed by atoms with van der Waals surface area (Å²) in [4.78, 5) is 13.9. The molecule has 1 N–H and O–H groups in total. The van der Waals surface area contributed by atoms with Crippen LogP contribution in [-0.4, -0.2) is 45.7 Å². The number of aromatic amines is 1. The smallest absolute Gasteiger partial charge is 0.345 e. The molecule has 1 unspecified atom stereocenters. The monoisotopic (exact) mass is 386 g/mol. The van der Waals surface area contributed by atoms with E-state index in [4.69, 9.17) is 4.98 Å². The summed E-state index contributed by atoms with van der Waals surface area (Å²) in [5.74, 6) is 0.746. The van der Waals surface area contributed by atoms with Crippen LogP contribution >= 0.6 is 0 Å². The molecule has 4 rings (SSSR count). The first-order valence-electron chi connectivity index (χ1n) is 9.26. The van der Waals surface area contributed by atoms with Crippen molar-refractivity contribution in [1.29, 1.82) is 0 Å². The lowest BCUT2D eigenvalue weighted by Crippen LogP contribution is -2.32. The third-order valence-corrected chi connectivity index (χ3v) is 5.07. The van der Waals surface area contributed by atoms with Crippen molar-refractivity contribution in [3.63, 3.8) is 0 Å². The zero-order valence-electron chi connectivity index (χ0n) is 15.5. The molecule has 146 valence electrons. The Hall–Kier alpha value is -2.67. The summed E-state index contributed by atoms with van der Waals surface area (Å²) in [6.07, 6.45) is -1.70. The van der Waals surface area contributed by atoms with E-state index in [1.807, 2.05) is 49.4 Å². The molecule has 2 aromatic heterocycles. The molecule has 0 bridgehead atoms. The largest absolute Gasteiger partial charge is 0.401 e. The number of pyridine rings is 1. The molecule has 0 aliphatic carbocycles. The highest BCUT2D eigenvalue weighted by molar-refractivity contribution is 5.66. The SMILES string of the molecule is Cc1[nH]c(C2CCN(CC(F)(F)F)C2)nc1-c1ccc(-c2ccccc2)nc1. The van der Waals surface area contributed by atoms with Gasteiger partial charge < -0.3 is 4.98 Å². The molecule has 3 heterocycles. The van der Waals surface area contributed by atoms with E-state index in [1.165, 1.54) is 4.90 Å². The van der Waals surface area contributed by atoms with Gasteiger partial charge in [0.1, 0.15) is 5.82 Å². The van der Waals surface area contributed by atoms with Crippen molar-refractivity contribution >= 4 is 0 Å². The molecule has 0 saturated carbocycles. The van der Waals surface area contributed by atoms with Gasteiger partial charge in [-0.05, 0) is 32.0 Å². The van der Waals surface area contributed by atoms with Crippen LogP contribution in [0.4, 0.5) is 13.2 Å². The number of likely N-dealkylation sites (tertiary alicyclic amines) is 1. The fraction of sp³-hybridized carbons (Fsp3) is 0.333. The highest BCUT2D eigenvalue weighted by Gasteiger charge is 2.35. The lowest BCUT2D eigenvalue weighted by atomic mass is 10.1. The average Bonchev–Trinajstić information content (AvgIpc) is 3.28. The van der Waals surface area contributed by atoms with E-state index in [1.54, 1.807) is 6.20 Å². The maximum absolute atomic E-state index is 12.6. The number of alkyl halides is 3. The number of aryl methyl sites for hydroxylation is 1. The normalized spacial score (nSPS) is 17.9. The predicted octanol–water partition coefficient (Wildman–Crippen LogP) is 4.80. The molecule has 1 fully saturated rings. The minimum Gasteiger partial charge on any atom is -0.345 e. The second kappa shape index (κ2) is 7.39. The first kappa shape index (κ1) is 18.7. The van der Waals surface area contributed by atoms with Crippen LogP contribution in [0, 0.1) is 6.92 Å². The second-order valence-corrected chi connectivity index (χ2v) is 7.23. The van der Waals surface area contributed by atoms with E-state index in [0.29, 0.717) is 19.5 Å². The number of nitrogens with one attached hydrogen (secondary N) is 1. The van der Waals surface area contributed by atoms with E-state index in [9.17, 15) is 13.2 Å². The van der Waals surface area contributed by atoms with Crippen LogP contribution in [0.15, 0.2) is 48.7 Å². The molecule has 4 nitrogen and oxygen atoms in total. The minimum absolute atomic E-state index is 0.00801. The zero-order chi connectivity index (χ0) is 19.7. The van der Waals surface area contributed by atoms with Crippen molar-refractivity contribution < 1.29 is 13.2 Å². The van der Waals surface area contributed by atoms with Gasteiger partial charge in [-0.3, -0.25) is 9.88 Å². The van der Waals surface area contributed by atoms with Gasteiger partial charge >= 0.3 is 6.18 Å². The second-order valence-electron chi connectivity index (χ2n) is 7.23. The summed E-state index contributed by atoms with van der Waals surface area (Å²) in [6.45, 7) is 1.88. The van der Waals surface area contributed by atoms with E-state index in [2.05, 4.69) is 9.97 Å². The van der Waals surface area contributed by atoms with E-state index in [0.717, 1.165) is 34.0 Å². The number of rotatable bonds is 4. The first-order valence-corrected chi connectivity index (χ1v) is 9.26. The number of aromatic nitrogens is 3. The molecule has 1 atom stereocenters. The average molecular weight is 386 g/mol. The Balaban J connectivity index is 1.51. The van der Waals surface area contributed by atoms with Gasteiger partial charge in [-0.15, -0.1) is 0 Å². The van der Waals surface area contributed by atoms with Gasteiger partial charge in [0.25, 0.3) is 0 Å². The summed E-state index contributed by atoms with van der Waals surface area (Å²) < 4.78 is 37.8. The van der Waals surface area contributed by atoms with Crippen molar-refractivity contribution in [2.45, 2.75) is 25.4 Å². The minimum atomic E-state index is -4.16. The fourth-order valence-electron chi connectivity index (χ4n) is 3.72. The summed E-state index contributed by atoms with van der Waals surface area (Å²) >= 11 is 0. The Morgan fingerprint density at radius 2 is 1.89 bits per heavy atom. The van der Waals surface area contributed by atoms with Crippen LogP contribution in [0.25, 0.3) is 22.5 Å². The summed E-state index contributed by atoms with van der Waals surface area (Å²) in [5.41, 5.74) is 4.53. The van der Waals surface area contributed by atoms with E-state index < -0.39 is 12.7 Å². The number of imidazole rings is 1. The van der Waals surface area contributed by atoms with Crippen molar-refractivity contribution in [2.75, 3.05) is 19.6 Å². The number of hydrogen-bond acceptors (Lipinski definition) is 3. The van der Waals surface area contributed by atoms with Crippen LogP contribution in [0.1, 0.15) is 23.9 Å². The molecule has 1 aromatic carbocycles. The Morgan fingerprint density at radius 1 is 1.11 bits per heavy atom. The molecule has 0 radical (unpaired) electrons. The Bertz CT molecular complexity index is 933. The van der Waals surface area contributed by atoms with Crippen LogP contribution < -0.4 is 0 Å². The van der Waals surface area contributed by atoms with Gasteiger partial charge in [-0.25, -0.2) is 4.98 Å². The van der Waals surface area contributed by atoms with Crippen LogP contribution in [0.5, 0.6) is 0 Å². The molecule has 0 amide bonds. The van der Waals surface area contributed by atoms with Gasteiger partial charge in [-0.1, -0.05) is 30.3 Å². The highest BCUT2D eigenvalue weighted by atomic mass is 19.4. The molecule has 0 spiro atoms. The molecule has 1 aliphatic heterocycles. The fourth-order valence-corrected chi connectivity index (χ4v) is 3.72. The quantitative estimate of drug-likeness (QED) is 0.701. The lowest BCUT2D eigenvalue weighted by molar-refractivity contribution is -0.143. The maximum atomic E-state index is 12.6. The number of nitrogens with zero attached hydrogens (tertiary/aromatic N) is 3. The van der Waals surface area contributed by atoms with E-state index >= 15 is 0 Å².